The molecule has 2 fully saturated rings. The zero-order valence-corrected chi connectivity index (χ0v) is 19.9. The first-order chi connectivity index (χ1) is 12.7. The van der Waals surface area contributed by atoms with E-state index in [4.69, 9.17) is 11.6 Å². The summed E-state index contributed by atoms with van der Waals surface area (Å²) in [6.45, 7) is 16.3. The first-order valence-corrected chi connectivity index (χ1v) is 11.2. The number of nitrogens with zero attached hydrogens (tertiary/aromatic N) is 1. The van der Waals surface area contributed by atoms with Crippen LogP contribution in [0.2, 0.25) is 5.02 Å². The Kier molecular flexibility index (Phi) is 7.96. The van der Waals surface area contributed by atoms with Crippen molar-refractivity contribution in [2.24, 2.45) is 10.8 Å². The minimum Gasteiger partial charge on any atom is -0.375 e. The Bertz CT molecular complexity index is 653. The van der Waals surface area contributed by atoms with E-state index >= 15 is 0 Å². The molecule has 2 aliphatic rings. The van der Waals surface area contributed by atoms with Gasteiger partial charge in [0.2, 0.25) is 0 Å². The van der Waals surface area contributed by atoms with Gasteiger partial charge in [0, 0.05) is 30.2 Å². The lowest BCUT2D eigenvalue weighted by Gasteiger charge is -2.45. The molecule has 0 bridgehead atoms. The molecular weight excluding hydrogens is 385 g/mol. The molecule has 1 saturated heterocycles. The molecule has 0 N–H and O–H groups in total. The van der Waals surface area contributed by atoms with Crippen molar-refractivity contribution in [3.05, 3.63) is 46.6 Å². The Morgan fingerprint density at radius 3 is 2.14 bits per heavy atom. The van der Waals surface area contributed by atoms with Gasteiger partial charge >= 0.3 is 0 Å². The van der Waals surface area contributed by atoms with Crippen LogP contribution in [-0.4, -0.2) is 18.0 Å². The van der Waals surface area contributed by atoms with Gasteiger partial charge in [-0.2, -0.15) is 0 Å². The van der Waals surface area contributed by atoms with Crippen molar-refractivity contribution in [3.8, 4) is 0 Å². The standard InChI is InChI=1S/C25H38ClN.ClH/c1-19(27-12-8-6-7-9-13-27)14-20-10-11-22(23(26)15-20)21-16-24(2,3)18-25(4,5)17-21;/h10-11,15,21H,1,6-9,12-14,16-18H2,2-5H3;1H. The van der Waals surface area contributed by atoms with Crippen molar-refractivity contribution in [2.45, 2.75) is 85.0 Å². The summed E-state index contributed by atoms with van der Waals surface area (Å²) >= 11 is 6.80. The second-order valence-electron chi connectivity index (χ2n) is 10.6. The number of halogens is 2. The van der Waals surface area contributed by atoms with Gasteiger partial charge in [0.1, 0.15) is 0 Å². The molecule has 158 valence electrons. The third kappa shape index (κ3) is 6.17. The molecule has 1 saturated carbocycles. The Balaban J connectivity index is 0.00000280. The third-order valence-electron chi connectivity index (χ3n) is 6.52. The monoisotopic (exact) mass is 423 g/mol. The first-order valence-electron chi connectivity index (χ1n) is 10.9. The van der Waals surface area contributed by atoms with Crippen molar-refractivity contribution < 1.29 is 0 Å². The van der Waals surface area contributed by atoms with E-state index in [1.165, 1.54) is 61.8 Å². The summed E-state index contributed by atoms with van der Waals surface area (Å²) in [5.41, 5.74) is 4.67. The molecule has 0 atom stereocenters. The Labute approximate surface area is 184 Å². The van der Waals surface area contributed by atoms with Crippen LogP contribution in [0.1, 0.15) is 89.7 Å². The Morgan fingerprint density at radius 1 is 1.04 bits per heavy atom. The number of allylic oxidation sites excluding steroid dienone is 1. The highest BCUT2D eigenvalue weighted by Gasteiger charge is 2.39. The fourth-order valence-electron chi connectivity index (χ4n) is 5.81. The zero-order valence-electron chi connectivity index (χ0n) is 18.3. The molecule has 1 aromatic carbocycles. The van der Waals surface area contributed by atoms with Crippen LogP contribution in [0.15, 0.2) is 30.5 Å². The molecule has 0 spiro atoms. The lowest BCUT2D eigenvalue weighted by molar-refractivity contribution is 0.0969. The minimum atomic E-state index is 0. The third-order valence-corrected chi connectivity index (χ3v) is 6.85. The topological polar surface area (TPSA) is 3.24 Å². The molecule has 3 rings (SSSR count). The normalized spacial score (nSPS) is 22.2. The SMILES string of the molecule is C=C(Cc1ccc(C2CC(C)(C)CC(C)(C)C2)c(Cl)c1)N1CCCCCC1.Cl. The lowest BCUT2D eigenvalue weighted by atomic mass is 9.60. The largest absolute Gasteiger partial charge is 0.375 e. The van der Waals surface area contributed by atoms with Crippen LogP contribution in [0.3, 0.4) is 0 Å². The number of benzene rings is 1. The van der Waals surface area contributed by atoms with Crippen molar-refractivity contribution in [1.29, 1.82) is 0 Å². The van der Waals surface area contributed by atoms with Crippen LogP contribution >= 0.6 is 24.0 Å². The molecule has 1 aliphatic heterocycles. The second-order valence-corrected chi connectivity index (χ2v) is 11.0. The number of rotatable bonds is 4. The van der Waals surface area contributed by atoms with Crippen molar-refractivity contribution in [3.63, 3.8) is 0 Å². The smallest absolute Gasteiger partial charge is 0.0443 e. The van der Waals surface area contributed by atoms with Gasteiger partial charge < -0.3 is 4.90 Å². The molecule has 0 amide bonds. The molecule has 1 nitrogen and oxygen atoms in total. The van der Waals surface area contributed by atoms with Crippen molar-refractivity contribution >= 4 is 24.0 Å². The highest BCUT2D eigenvalue weighted by atomic mass is 35.5. The van der Waals surface area contributed by atoms with E-state index in [1.54, 1.807) is 0 Å². The maximum absolute atomic E-state index is 6.80. The fourth-order valence-corrected chi connectivity index (χ4v) is 6.17. The van der Waals surface area contributed by atoms with Crippen LogP contribution in [0.25, 0.3) is 0 Å². The predicted octanol–water partition coefficient (Wildman–Crippen LogP) is 8.01. The van der Waals surface area contributed by atoms with Crippen LogP contribution in [0.4, 0.5) is 0 Å². The average Bonchev–Trinajstić information content (AvgIpc) is 2.81. The molecule has 28 heavy (non-hydrogen) atoms. The summed E-state index contributed by atoms with van der Waals surface area (Å²) in [6, 6.07) is 6.79. The van der Waals surface area contributed by atoms with E-state index in [0.717, 1.165) is 24.5 Å². The van der Waals surface area contributed by atoms with Crippen LogP contribution < -0.4 is 0 Å². The summed E-state index contributed by atoms with van der Waals surface area (Å²) < 4.78 is 0. The summed E-state index contributed by atoms with van der Waals surface area (Å²) in [6.07, 6.45) is 9.99. The van der Waals surface area contributed by atoms with Crippen molar-refractivity contribution in [2.75, 3.05) is 13.1 Å². The van der Waals surface area contributed by atoms with Gasteiger partial charge in [0.25, 0.3) is 0 Å². The van der Waals surface area contributed by atoms with Gasteiger partial charge in [-0.05, 0) is 66.0 Å². The summed E-state index contributed by atoms with van der Waals surface area (Å²) in [7, 11) is 0. The van der Waals surface area contributed by atoms with Gasteiger partial charge in [0.05, 0.1) is 0 Å². The van der Waals surface area contributed by atoms with Crippen LogP contribution in [0.5, 0.6) is 0 Å². The van der Waals surface area contributed by atoms with Gasteiger partial charge in [-0.3, -0.25) is 0 Å². The van der Waals surface area contributed by atoms with E-state index < -0.39 is 0 Å². The highest BCUT2D eigenvalue weighted by Crippen LogP contribution is 2.52. The van der Waals surface area contributed by atoms with Crippen LogP contribution in [0, 0.1) is 10.8 Å². The fraction of sp³-hybridized carbons (Fsp3) is 0.680. The predicted molar refractivity (Wildman–Crippen MR) is 126 cm³/mol. The molecule has 0 radical (unpaired) electrons. The molecule has 0 aromatic heterocycles. The van der Waals surface area contributed by atoms with E-state index in [1.807, 2.05) is 0 Å². The molecule has 0 unspecified atom stereocenters. The molecule has 1 aromatic rings. The van der Waals surface area contributed by atoms with E-state index in [-0.39, 0.29) is 12.4 Å². The zero-order chi connectivity index (χ0) is 19.7. The second kappa shape index (κ2) is 9.43. The Hall–Kier alpha value is -0.660. The Morgan fingerprint density at radius 2 is 1.61 bits per heavy atom. The van der Waals surface area contributed by atoms with E-state index in [9.17, 15) is 0 Å². The van der Waals surface area contributed by atoms with Gasteiger partial charge in [-0.25, -0.2) is 0 Å². The maximum atomic E-state index is 6.80. The summed E-state index contributed by atoms with van der Waals surface area (Å²) in [5, 5.41) is 0.953. The number of hydrogen-bond donors (Lipinski definition) is 0. The highest BCUT2D eigenvalue weighted by molar-refractivity contribution is 6.31. The quantitative estimate of drug-likeness (QED) is 0.473. The number of hydrogen-bond acceptors (Lipinski definition) is 1. The molecule has 1 aliphatic carbocycles. The molecule has 1 heterocycles. The molecular formula is C25H39Cl2N. The summed E-state index contributed by atoms with van der Waals surface area (Å²) in [4.78, 5) is 2.49. The summed E-state index contributed by atoms with van der Waals surface area (Å²) in [5.74, 6) is 0.569. The number of likely N-dealkylation sites (tertiary alicyclic amines) is 1. The maximum Gasteiger partial charge on any atom is 0.0443 e. The molecule has 3 heteroatoms. The lowest BCUT2D eigenvalue weighted by Crippen LogP contribution is -2.33. The van der Waals surface area contributed by atoms with Gasteiger partial charge in [-0.1, -0.05) is 70.8 Å². The van der Waals surface area contributed by atoms with Gasteiger partial charge in [-0.15, -0.1) is 12.4 Å². The van der Waals surface area contributed by atoms with Crippen molar-refractivity contribution in [1.82, 2.24) is 4.90 Å². The van der Waals surface area contributed by atoms with Gasteiger partial charge in [0.15, 0.2) is 0 Å². The van der Waals surface area contributed by atoms with E-state index in [2.05, 4.69) is 57.4 Å². The minimum absolute atomic E-state index is 0. The first kappa shape index (κ1) is 23.6. The van der Waals surface area contributed by atoms with E-state index in [0.29, 0.717) is 16.7 Å². The average molecular weight is 425 g/mol. The van der Waals surface area contributed by atoms with Crippen LogP contribution in [-0.2, 0) is 6.42 Å².